The molecule has 0 aliphatic heterocycles. The van der Waals surface area contributed by atoms with Crippen LogP contribution in [0.4, 0.5) is 4.39 Å². The van der Waals surface area contributed by atoms with Gasteiger partial charge in [-0.15, -0.1) is 0 Å². The Balaban J connectivity index is 1.65. The monoisotopic (exact) mass is 412 g/mol. The van der Waals surface area contributed by atoms with E-state index < -0.39 is 0 Å². The topological polar surface area (TPSA) is 62.5 Å². The number of hydrogen-bond donors (Lipinski definition) is 2. The first-order valence-corrected chi connectivity index (χ1v) is 10.9. The molecule has 3 aromatic rings. The highest BCUT2D eigenvalue weighted by atomic mass is 32.2. The molecule has 0 unspecified atom stereocenters. The number of guanidine groups is 1. The van der Waals surface area contributed by atoms with Crippen molar-refractivity contribution in [2.75, 3.05) is 12.8 Å². The highest BCUT2D eigenvalue weighted by molar-refractivity contribution is 7.97. The second kappa shape index (κ2) is 10.7. The predicted octanol–water partition coefficient (Wildman–Crippen LogP) is 4.60. The number of benzene rings is 2. The Morgan fingerprint density at radius 3 is 2.72 bits per heavy atom. The summed E-state index contributed by atoms with van der Waals surface area (Å²) >= 11 is 1.67. The van der Waals surface area contributed by atoms with Gasteiger partial charge in [-0.25, -0.2) is 14.4 Å². The maximum absolute atomic E-state index is 13.5. The third kappa shape index (κ3) is 6.09. The van der Waals surface area contributed by atoms with E-state index in [1.54, 1.807) is 30.2 Å². The molecule has 29 heavy (non-hydrogen) atoms. The highest BCUT2D eigenvalue weighted by Crippen LogP contribution is 2.19. The van der Waals surface area contributed by atoms with Gasteiger partial charge in [-0.05, 0) is 48.6 Å². The summed E-state index contributed by atoms with van der Waals surface area (Å²) in [7, 11) is 0. The second-order valence-corrected chi connectivity index (χ2v) is 7.27. The van der Waals surface area contributed by atoms with Gasteiger partial charge in [0.2, 0.25) is 5.89 Å². The third-order valence-electron chi connectivity index (χ3n) is 4.23. The summed E-state index contributed by atoms with van der Waals surface area (Å²) in [6.45, 7) is 3.71. The van der Waals surface area contributed by atoms with Crippen molar-refractivity contribution in [1.82, 2.24) is 15.6 Å². The largest absolute Gasteiger partial charge is 0.444 e. The Bertz CT molecular complexity index is 943. The standard InChI is InChI=1S/C22H25FN4OS/c1-3-24-22(25-12-17-9-10-19(23)11-18(17)15-29-2)26-13-20-14-28-21(27-20)16-7-5-4-6-8-16/h4-11,14H,3,12-13,15H2,1-2H3,(H2,24,25,26). The zero-order valence-electron chi connectivity index (χ0n) is 16.6. The summed E-state index contributed by atoms with van der Waals surface area (Å²) < 4.78 is 19.1. The van der Waals surface area contributed by atoms with Crippen molar-refractivity contribution in [2.24, 2.45) is 4.99 Å². The fraction of sp³-hybridized carbons (Fsp3) is 0.273. The molecule has 5 nitrogen and oxygen atoms in total. The van der Waals surface area contributed by atoms with Crippen LogP contribution in [0.2, 0.25) is 0 Å². The lowest BCUT2D eigenvalue weighted by Crippen LogP contribution is -2.36. The summed E-state index contributed by atoms with van der Waals surface area (Å²) in [5, 5.41) is 6.50. The van der Waals surface area contributed by atoms with Crippen LogP contribution in [0.3, 0.4) is 0 Å². The number of aromatic nitrogens is 1. The zero-order chi connectivity index (χ0) is 20.5. The minimum absolute atomic E-state index is 0.216. The Morgan fingerprint density at radius 2 is 1.97 bits per heavy atom. The zero-order valence-corrected chi connectivity index (χ0v) is 17.4. The molecule has 152 valence electrons. The van der Waals surface area contributed by atoms with Crippen molar-refractivity contribution in [2.45, 2.75) is 25.8 Å². The first kappa shape index (κ1) is 20.9. The summed E-state index contributed by atoms with van der Waals surface area (Å²) in [5.41, 5.74) is 3.73. The number of halogens is 1. The molecule has 1 heterocycles. The summed E-state index contributed by atoms with van der Waals surface area (Å²) in [6, 6.07) is 14.7. The number of thioether (sulfide) groups is 1. The van der Waals surface area contributed by atoms with E-state index in [1.165, 1.54) is 6.07 Å². The minimum Gasteiger partial charge on any atom is -0.444 e. The van der Waals surface area contributed by atoms with Crippen LogP contribution in [0.25, 0.3) is 11.5 Å². The normalized spacial score (nSPS) is 11.5. The Kier molecular flexibility index (Phi) is 7.69. The quantitative estimate of drug-likeness (QED) is 0.418. The molecule has 3 rings (SSSR count). The van der Waals surface area contributed by atoms with Crippen LogP contribution in [0.1, 0.15) is 23.7 Å². The van der Waals surface area contributed by atoms with Gasteiger partial charge in [0.15, 0.2) is 5.96 Å². The van der Waals surface area contributed by atoms with Crippen molar-refractivity contribution >= 4 is 17.7 Å². The van der Waals surface area contributed by atoms with Crippen molar-refractivity contribution in [3.63, 3.8) is 0 Å². The molecule has 1 aromatic heterocycles. The lowest BCUT2D eigenvalue weighted by molar-refractivity contribution is 0.572. The Morgan fingerprint density at radius 1 is 1.14 bits per heavy atom. The summed E-state index contributed by atoms with van der Waals surface area (Å²) in [6.07, 6.45) is 3.65. The van der Waals surface area contributed by atoms with E-state index in [1.807, 2.05) is 43.5 Å². The van der Waals surface area contributed by atoms with Crippen LogP contribution in [0.5, 0.6) is 0 Å². The molecular weight excluding hydrogens is 387 g/mol. The minimum atomic E-state index is -0.216. The average molecular weight is 413 g/mol. The highest BCUT2D eigenvalue weighted by Gasteiger charge is 2.08. The molecule has 0 saturated carbocycles. The van der Waals surface area contributed by atoms with Gasteiger partial charge in [0.1, 0.15) is 12.1 Å². The number of rotatable bonds is 8. The predicted molar refractivity (Wildman–Crippen MR) is 117 cm³/mol. The molecule has 2 N–H and O–H groups in total. The van der Waals surface area contributed by atoms with Crippen LogP contribution in [0, 0.1) is 5.82 Å². The lowest BCUT2D eigenvalue weighted by atomic mass is 10.1. The molecular formula is C22H25FN4OS. The smallest absolute Gasteiger partial charge is 0.226 e. The SMILES string of the molecule is CCNC(=NCc1ccc(F)cc1CSC)NCc1coc(-c2ccccc2)n1. The fourth-order valence-electron chi connectivity index (χ4n) is 2.82. The molecule has 0 aliphatic rings. The van der Waals surface area contributed by atoms with Gasteiger partial charge in [0.25, 0.3) is 0 Å². The summed E-state index contributed by atoms with van der Waals surface area (Å²) in [4.78, 5) is 9.16. The van der Waals surface area contributed by atoms with E-state index in [4.69, 9.17) is 4.42 Å². The molecule has 0 saturated heterocycles. The number of nitrogens with one attached hydrogen (secondary N) is 2. The van der Waals surface area contributed by atoms with Crippen molar-refractivity contribution in [3.05, 3.63) is 77.4 Å². The number of aliphatic imine (C=N–C) groups is 1. The van der Waals surface area contributed by atoms with Gasteiger partial charge in [-0.2, -0.15) is 11.8 Å². The van der Waals surface area contributed by atoms with Gasteiger partial charge in [-0.1, -0.05) is 24.3 Å². The molecule has 2 aromatic carbocycles. The van der Waals surface area contributed by atoms with E-state index in [9.17, 15) is 4.39 Å². The van der Waals surface area contributed by atoms with Crippen LogP contribution >= 0.6 is 11.8 Å². The van der Waals surface area contributed by atoms with Crippen molar-refractivity contribution in [1.29, 1.82) is 0 Å². The van der Waals surface area contributed by atoms with Crippen molar-refractivity contribution < 1.29 is 8.81 Å². The van der Waals surface area contributed by atoms with Crippen LogP contribution in [-0.4, -0.2) is 23.7 Å². The second-order valence-electron chi connectivity index (χ2n) is 6.40. The summed E-state index contributed by atoms with van der Waals surface area (Å²) in [5.74, 6) is 1.81. The molecule has 0 atom stereocenters. The van der Waals surface area contributed by atoms with E-state index >= 15 is 0 Å². The van der Waals surface area contributed by atoms with E-state index in [0.29, 0.717) is 24.9 Å². The molecule has 0 aliphatic carbocycles. The molecule has 0 fully saturated rings. The lowest BCUT2D eigenvalue weighted by Gasteiger charge is -2.11. The average Bonchev–Trinajstić information content (AvgIpc) is 3.21. The Hall–Kier alpha value is -2.80. The number of nitrogens with zero attached hydrogens (tertiary/aromatic N) is 2. The molecule has 0 bridgehead atoms. The maximum atomic E-state index is 13.5. The van der Waals surface area contributed by atoms with Gasteiger partial charge in [-0.3, -0.25) is 0 Å². The molecule has 7 heteroatoms. The first-order valence-electron chi connectivity index (χ1n) is 9.48. The van der Waals surface area contributed by atoms with E-state index in [0.717, 1.165) is 34.7 Å². The fourth-order valence-corrected chi connectivity index (χ4v) is 3.40. The van der Waals surface area contributed by atoms with Gasteiger partial charge < -0.3 is 15.1 Å². The number of oxazole rings is 1. The third-order valence-corrected chi connectivity index (χ3v) is 4.83. The van der Waals surface area contributed by atoms with Gasteiger partial charge in [0, 0.05) is 17.9 Å². The molecule has 0 radical (unpaired) electrons. The van der Waals surface area contributed by atoms with Gasteiger partial charge >= 0.3 is 0 Å². The van der Waals surface area contributed by atoms with Crippen molar-refractivity contribution in [3.8, 4) is 11.5 Å². The Labute approximate surface area is 174 Å². The van der Waals surface area contributed by atoms with Crippen LogP contribution in [-0.2, 0) is 18.8 Å². The first-order chi connectivity index (χ1) is 14.2. The molecule has 0 amide bonds. The van der Waals surface area contributed by atoms with Crippen LogP contribution in [0.15, 0.2) is 64.2 Å². The van der Waals surface area contributed by atoms with E-state index in [-0.39, 0.29) is 5.82 Å². The van der Waals surface area contributed by atoms with Gasteiger partial charge in [0.05, 0.1) is 18.8 Å². The number of hydrogen-bond acceptors (Lipinski definition) is 4. The van der Waals surface area contributed by atoms with Crippen LogP contribution < -0.4 is 10.6 Å². The maximum Gasteiger partial charge on any atom is 0.226 e. The van der Waals surface area contributed by atoms with E-state index in [2.05, 4.69) is 20.6 Å². The molecule has 0 spiro atoms.